The van der Waals surface area contributed by atoms with Crippen LogP contribution in [0, 0.1) is 0 Å². The number of nitrogens with two attached hydrogens (primary N) is 1. The number of nitrogens with zero attached hydrogens (tertiary/aromatic N) is 1. The van der Waals surface area contributed by atoms with Gasteiger partial charge in [0, 0.05) is 11.6 Å². The van der Waals surface area contributed by atoms with E-state index in [0.29, 0.717) is 5.92 Å². The molecule has 76 valence electrons. The molecule has 3 rings (SSSR count). The second-order valence-electron chi connectivity index (χ2n) is 4.04. The summed E-state index contributed by atoms with van der Waals surface area (Å²) in [7, 11) is 0. The zero-order valence-electron chi connectivity index (χ0n) is 8.40. The molecule has 1 aromatic heterocycles. The lowest BCUT2D eigenvalue weighted by atomic mass is 10.1. The van der Waals surface area contributed by atoms with Crippen molar-refractivity contribution >= 4 is 16.7 Å². The largest absolute Gasteiger partial charge is 0.399 e. The third-order valence-electron chi connectivity index (χ3n) is 2.92. The molecule has 1 heterocycles. The molecule has 1 aliphatic carbocycles. The minimum atomic E-state index is 0.527. The van der Waals surface area contributed by atoms with Gasteiger partial charge < -0.3 is 10.7 Å². The highest BCUT2D eigenvalue weighted by Gasteiger charge is 2.16. The van der Waals surface area contributed by atoms with Gasteiger partial charge in [-0.3, -0.25) is 0 Å². The molecule has 15 heavy (non-hydrogen) atoms. The second kappa shape index (κ2) is 3.12. The quantitative estimate of drug-likeness (QED) is 0.548. The van der Waals surface area contributed by atoms with Crippen molar-refractivity contribution in [1.82, 2.24) is 9.97 Å². The topological polar surface area (TPSA) is 54.7 Å². The predicted molar refractivity (Wildman–Crippen MR) is 61.6 cm³/mol. The van der Waals surface area contributed by atoms with Gasteiger partial charge in [0.15, 0.2) is 0 Å². The zero-order chi connectivity index (χ0) is 10.3. The van der Waals surface area contributed by atoms with Gasteiger partial charge in [-0.15, -0.1) is 0 Å². The Bertz CT molecular complexity index is 517. The molecule has 1 aromatic carbocycles. The second-order valence-corrected chi connectivity index (χ2v) is 4.04. The van der Waals surface area contributed by atoms with Crippen LogP contribution >= 0.6 is 0 Å². The lowest BCUT2D eigenvalue weighted by Gasteiger charge is -2.02. The van der Waals surface area contributed by atoms with Gasteiger partial charge in [0.2, 0.25) is 0 Å². The molecule has 0 saturated carbocycles. The number of aromatic nitrogens is 2. The number of allylic oxidation sites excluding steroid dienone is 2. The number of hydrogen-bond acceptors (Lipinski definition) is 2. The molecular formula is C12H13N3. The molecule has 0 fully saturated rings. The summed E-state index contributed by atoms with van der Waals surface area (Å²) >= 11 is 0. The number of hydrogen-bond donors (Lipinski definition) is 2. The van der Waals surface area contributed by atoms with Crippen molar-refractivity contribution in [1.29, 1.82) is 0 Å². The maximum atomic E-state index is 5.73. The van der Waals surface area contributed by atoms with Gasteiger partial charge in [0.25, 0.3) is 0 Å². The van der Waals surface area contributed by atoms with E-state index in [2.05, 4.69) is 22.1 Å². The van der Waals surface area contributed by atoms with Crippen LogP contribution < -0.4 is 5.73 Å². The lowest BCUT2D eigenvalue weighted by molar-refractivity contribution is 0.707. The standard InChI is InChI=1S/C12H13N3/c13-9-5-6-10-11(7-9)15-12(14-10)8-3-1-2-4-8/h1-2,5-8H,3-4,13H2,(H,14,15). The van der Waals surface area contributed by atoms with Crippen LogP contribution in [-0.4, -0.2) is 9.97 Å². The summed E-state index contributed by atoms with van der Waals surface area (Å²) in [5, 5.41) is 0. The normalized spacial score (nSPS) is 16.5. The van der Waals surface area contributed by atoms with Gasteiger partial charge >= 0.3 is 0 Å². The Morgan fingerprint density at radius 2 is 2.07 bits per heavy atom. The monoisotopic (exact) mass is 199 g/mol. The van der Waals surface area contributed by atoms with Crippen molar-refractivity contribution in [3.05, 3.63) is 36.2 Å². The Balaban J connectivity index is 2.06. The van der Waals surface area contributed by atoms with Gasteiger partial charge in [-0.2, -0.15) is 0 Å². The first-order chi connectivity index (χ1) is 7.33. The molecule has 3 nitrogen and oxygen atoms in total. The van der Waals surface area contributed by atoms with E-state index in [9.17, 15) is 0 Å². The zero-order valence-corrected chi connectivity index (χ0v) is 8.40. The van der Waals surface area contributed by atoms with Gasteiger partial charge in [-0.25, -0.2) is 4.98 Å². The van der Waals surface area contributed by atoms with E-state index in [4.69, 9.17) is 5.73 Å². The van der Waals surface area contributed by atoms with Crippen molar-refractivity contribution in [3.63, 3.8) is 0 Å². The van der Waals surface area contributed by atoms with Crippen LogP contribution in [0.5, 0.6) is 0 Å². The molecule has 3 heteroatoms. The minimum absolute atomic E-state index is 0.527. The summed E-state index contributed by atoms with van der Waals surface area (Å²) in [6.07, 6.45) is 6.61. The van der Waals surface area contributed by atoms with Crippen LogP contribution in [0.2, 0.25) is 0 Å². The summed E-state index contributed by atoms with van der Waals surface area (Å²) < 4.78 is 0. The van der Waals surface area contributed by atoms with Crippen LogP contribution in [0.1, 0.15) is 24.6 Å². The fourth-order valence-corrected chi connectivity index (χ4v) is 2.08. The van der Waals surface area contributed by atoms with Crippen LogP contribution in [-0.2, 0) is 0 Å². The number of nitrogen functional groups attached to an aromatic ring is 1. The number of nitrogens with one attached hydrogen (secondary N) is 1. The fourth-order valence-electron chi connectivity index (χ4n) is 2.08. The van der Waals surface area contributed by atoms with Crippen molar-refractivity contribution in [2.45, 2.75) is 18.8 Å². The third kappa shape index (κ3) is 1.40. The van der Waals surface area contributed by atoms with E-state index < -0.39 is 0 Å². The Labute approximate surface area is 88.0 Å². The van der Waals surface area contributed by atoms with Gasteiger partial charge in [-0.05, 0) is 31.0 Å². The first kappa shape index (κ1) is 8.53. The molecule has 0 bridgehead atoms. The number of imidazole rings is 1. The van der Waals surface area contributed by atoms with E-state index >= 15 is 0 Å². The summed E-state index contributed by atoms with van der Waals surface area (Å²) in [4.78, 5) is 7.93. The Kier molecular flexibility index (Phi) is 1.78. The van der Waals surface area contributed by atoms with Crippen LogP contribution in [0.3, 0.4) is 0 Å². The Morgan fingerprint density at radius 1 is 1.27 bits per heavy atom. The molecule has 0 spiro atoms. The highest BCUT2D eigenvalue weighted by molar-refractivity contribution is 5.78. The SMILES string of the molecule is Nc1ccc2nc(C3CC=CC3)[nH]c2c1. The van der Waals surface area contributed by atoms with Crippen LogP contribution in [0.4, 0.5) is 5.69 Å². The van der Waals surface area contributed by atoms with Gasteiger partial charge in [0.05, 0.1) is 11.0 Å². The van der Waals surface area contributed by atoms with Crippen molar-refractivity contribution in [2.24, 2.45) is 0 Å². The highest BCUT2D eigenvalue weighted by Crippen LogP contribution is 2.28. The van der Waals surface area contributed by atoms with E-state index in [1.165, 1.54) is 0 Å². The lowest BCUT2D eigenvalue weighted by Crippen LogP contribution is -1.94. The molecule has 3 N–H and O–H groups in total. The predicted octanol–water partition coefficient (Wildman–Crippen LogP) is 2.58. The molecule has 0 radical (unpaired) electrons. The van der Waals surface area contributed by atoms with Crippen molar-refractivity contribution < 1.29 is 0 Å². The summed E-state index contributed by atoms with van der Waals surface area (Å²) in [6, 6.07) is 5.79. The first-order valence-corrected chi connectivity index (χ1v) is 5.23. The highest BCUT2D eigenvalue weighted by atomic mass is 14.9. The molecule has 0 atom stereocenters. The minimum Gasteiger partial charge on any atom is -0.399 e. The van der Waals surface area contributed by atoms with Gasteiger partial charge in [-0.1, -0.05) is 12.2 Å². The molecule has 1 aliphatic rings. The maximum Gasteiger partial charge on any atom is 0.110 e. The number of fused-ring (bicyclic) bond motifs is 1. The van der Waals surface area contributed by atoms with E-state index in [1.807, 2.05) is 18.2 Å². The molecular weight excluding hydrogens is 186 g/mol. The fraction of sp³-hybridized carbons (Fsp3) is 0.250. The number of H-pyrrole nitrogens is 1. The maximum absolute atomic E-state index is 5.73. The Hall–Kier alpha value is -1.77. The number of benzene rings is 1. The van der Waals surface area contributed by atoms with E-state index in [-0.39, 0.29) is 0 Å². The van der Waals surface area contributed by atoms with Crippen molar-refractivity contribution in [2.75, 3.05) is 5.73 Å². The average Bonchev–Trinajstić information content (AvgIpc) is 2.84. The number of aromatic amines is 1. The number of rotatable bonds is 1. The Morgan fingerprint density at radius 3 is 2.87 bits per heavy atom. The molecule has 0 amide bonds. The summed E-state index contributed by atoms with van der Waals surface area (Å²) in [6.45, 7) is 0. The summed E-state index contributed by atoms with van der Waals surface area (Å²) in [5.41, 5.74) is 8.55. The average molecular weight is 199 g/mol. The van der Waals surface area contributed by atoms with E-state index in [0.717, 1.165) is 35.4 Å². The third-order valence-corrected chi connectivity index (χ3v) is 2.92. The number of anilines is 1. The smallest absolute Gasteiger partial charge is 0.110 e. The molecule has 0 saturated heterocycles. The first-order valence-electron chi connectivity index (χ1n) is 5.23. The molecule has 0 unspecified atom stereocenters. The van der Waals surface area contributed by atoms with Crippen molar-refractivity contribution in [3.8, 4) is 0 Å². The molecule has 2 aromatic rings. The van der Waals surface area contributed by atoms with Gasteiger partial charge in [0.1, 0.15) is 5.82 Å². The summed E-state index contributed by atoms with van der Waals surface area (Å²) in [5.74, 6) is 1.61. The van der Waals surface area contributed by atoms with Crippen LogP contribution in [0.15, 0.2) is 30.4 Å². The molecule has 0 aliphatic heterocycles. The van der Waals surface area contributed by atoms with Crippen LogP contribution in [0.25, 0.3) is 11.0 Å². The van der Waals surface area contributed by atoms with E-state index in [1.54, 1.807) is 0 Å².